The van der Waals surface area contributed by atoms with Gasteiger partial charge >= 0.3 is 0 Å². The number of rotatable bonds is 3. The van der Waals surface area contributed by atoms with Crippen molar-refractivity contribution < 1.29 is 9.18 Å². The van der Waals surface area contributed by atoms with Gasteiger partial charge in [-0.2, -0.15) is 0 Å². The number of halogens is 2. The third kappa shape index (κ3) is 3.56. The molecule has 0 radical (unpaired) electrons. The average Bonchev–Trinajstić information content (AvgIpc) is 2.14. The van der Waals surface area contributed by atoms with Crippen LogP contribution in [-0.4, -0.2) is 17.4 Å². The Kier molecular flexibility index (Phi) is 4.16. The molecule has 0 fully saturated rings. The zero-order valence-electron chi connectivity index (χ0n) is 7.59. The molecule has 6 heteroatoms. The van der Waals surface area contributed by atoms with E-state index in [4.69, 9.17) is 5.73 Å². The van der Waals surface area contributed by atoms with Gasteiger partial charge in [-0.3, -0.25) is 4.79 Å². The molecule has 1 amide bonds. The molecule has 0 saturated heterocycles. The molecule has 0 atom stereocenters. The number of hydrogen-bond acceptors (Lipinski definition) is 2. The second-order valence-corrected chi connectivity index (χ2v) is 4.15. The Morgan fingerprint density at radius 2 is 2.27 bits per heavy atom. The lowest BCUT2D eigenvalue weighted by atomic mass is 10.2. The summed E-state index contributed by atoms with van der Waals surface area (Å²) in [6.07, 6.45) is 0. The molecule has 0 aliphatic rings. The van der Waals surface area contributed by atoms with Gasteiger partial charge in [-0.15, -0.1) is 0 Å². The van der Waals surface area contributed by atoms with Crippen LogP contribution in [-0.2, 0) is 0 Å². The maximum Gasteiger partial charge on any atom is 0.252 e. The van der Waals surface area contributed by atoms with Crippen LogP contribution in [0.5, 0.6) is 0 Å². The molecular formula is C9H8BrFN2OS. The molecule has 15 heavy (non-hydrogen) atoms. The molecule has 0 bridgehead atoms. The Labute approximate surface area is 100.0 Å². The number of thiocarbonyl (C=S) groups is 1. The summed E-state index contributed by atoms with van der Waals surface area (Å²) >= 11 is 7.70. The zero-order chi connectivity index (χ0) is 11.4. The highest BCUT2D eigenvalue weighted by Crippen LogP contribution is 2.17. The zero-order valence-corrected chi connectivity index (χ0v) is 9.99. The number of amides is 1. The highest BCUT2D eigenvalue weighted by molar-refractivity contribution is 9.10. The first-order valence-electron chi connectivity index (χ1n) is 4.02. The summed E-state index contributed by atoms with van der Waals surface area (Å²) in [6.45, 7) is 0.123. The van der Waals surface area contributed by atoms with Crippen molar-refractivity contribution in [2.45, 2.75) is 0 Å². The summed E-state index contributed by atoms with van der Waals surface area (Å²) in [7, 11) is 0. The molecule has 0 aromatic heterocycles. The van der Waals surface area contributed by atoms with E-state index in [1.807, 2.05) is 0 Å². The summed E-state index contributed by atoms with van der Waals surface area (Å²) in [5.41, 5.74) is 5.57. The minimum absolute atomic E-state index is 0.123. The van der Waals surface area contributed by atoms with E-state index in [1.165, 1.54) is 18.2 Å². The van der Waals surface area contributed by atoms with Crippen LogP contribution >= 0.6 is 28.1 Å². The Morgan fingerprint density at radius 3 is 2.80 bits per heavy atom. The molecule has 0 unspecified atom stereocenters. The first-order valence-corrected chi connectivity index (χ1v) is 5.22. The van der Waals surface area contributed by atoms with E-state index in [9.17, 15) is 9.18 Å². The van der Waals surface area contributed by atoms with Crippen LogP contribution in [0.25, 0.3) is 0 Å². The Morgan fingerprint density at radius 1 is 1.60 bits per heavy atom. The van der Waals surface area contributed by atoms with Crippen molar-refractivity contribution in [2.24, 2.45) is 5.73 Å². The molecule has 80 valence electrons. The van der Waals surface area contributed by atoms with E-state index >= 15 is 0 Å². The van der Waals surface area contributed by atoms with Gasteiger partial charge in [0.25, 0.3) is 5.91 Å². The van der Waals surface area contributed by atoms with Crippen molar-refractivity contribution in [3.05, 3.63) is 34.1 Å². The second-order valence-electron chi connectivity index (χ2n) is 2.77. The van der Waals surface area contributed by atoms with Crippen LogP contribution in [0.3, 0.4) is 0 Å². The molecular weight excluding hydrogens is 283 g/mol. The molecule has 0 aliphatic heterocycles. The summed E-state index contributed by atoms with van der Waals surface area (Å²) < 4.78 is 13.1. The van der Waals surface area contributed by atoms with Crippen molar-refractivity contribution >= 4 is 39.0 Å². The van der Waals surface area contributed by atoms with Crippen LogP contribution < -0.4 is 11.1 Å². The molecule has 3 nitrogen and oxygen atoms in total. The van der Waals surface area contributed by atoms with Crippen LogP contribution in [0, 0.1) is 5.82 Å². The molecule has 0 spiro atoms. The summed E-state index contributed by atoms with van der Waals surface area (Å²) in [6, 6.07) is 3.81. The van der Waals surface area contributed by atoms with Crippen LogP contribution in [0.1, 0.15) is 10.4 Å². The van der Waals surface area contributed by atoms with Gasteiger partial charge in [-0.25, -0.2) is 4.39 Å². The highest BCUT2D eigenvalue weighted by atomic mass is 79.9. The SMILES string of the molecule is NC(=S)CNC(=O)c1ccc(F)cc1Br. The Balaban J connectivity index is 2.78. The average molecular weight is 291 g/mol. The number of nitrogens with one attached hydrogen (secondary N) is 1. The maximum absolute atomic E-state index is 12.7. The summed E-state index contributed by atoms with van der Waals surface area (Å²) in [5, 5.41) is 2.50. The van der Waals surface area contributed by atoms with Gasteiger partial charge in [0, 0.05) is 4.47 Å². The lowest BCUT2D eigenvalue weighted by Crippen LogP contribution is -2.32. The number of benzene rings is 1. The van der Waals surface area contributed by atoms with Crippen molar-refractivity contribution in [1.29, 1.82) is 0 Å². The van der Waals surface area contributed by atoms with E-state index in [1.54, 1.807) is 0 Å². The molecule has 1 aromatic rings. The first kappa shape index (κ1) is 12.1. The topological polar surface area (TPSA) is 55.1 Å². The largest absolute Gasteiger partial charge is 0.392 e. The van der Waals surface area contributed by atoms with E-state index in [2.05, 4.69) is 33.5 Å². The highest BCUT2D eigenvalue weighted by Gasteiger charge is 2.10. The van der Waals surface area contributed by atoms with Crippen molar-refractivity contribution in [3.8, 4) is 0 Å². The molecule has 3 N–H and O–H groups in total. The quantitative estimate of drug-likeness (QED) is 0.832. The van der Waals surface area contributed by atoms with E-state index in [0.717, 1.165) is 0 Å². The van der Waals surface area contributed by atoms with Gasteiger partial charge in [0.1, 0.15) is 5.82 Å². The van der Waals surface area contributed by atoms with Crippen LogP contribution in [0.2, 0.25) is 0 Å². The molecule has 1 rings (SSSR count). The standard InChI is InChI=1S/C9H8BrFN2OS/c10-7-3-5(11)1-2-6(7)9(14)13-4-8(12)15/h1-3H,4H2,(H2,12,15)(H,13,14). The van der Waals surface area contributed by atoms with E-state index < -0.39 is 5.82 Å². The summed E-state index contributed by atoms with van der Waals surface area (Å²) in [4.78, 5) is 11.7. The number of hydrogen-bond donors (Lipinski definition) is 2. The Hall–Kier alpha value is -1.01. The van der Waals surface area contributed by atoms with E-state index in [0.29, 0.717) is 10.0 Å². The monoisotopic (exact) mass is 290 g/mol. The van der Waals surface area contributed by atoms with Crippen molar-refractivity contribution in [3.63, 3.8) is 0 Å². The fourth-order valence-corrected chi connectivity index (χ4v) is 1.54. The minimum Gasteiger partial charge on any atom is -0.392 e. The third-order valence-electron chi connectivity index (χ3n) is 1.60. The first-order chi connectivity index (χ1) is 7.00. The van der Waals surface area contributed by atoms with Gasteiger partial charge in [-0.1, -0.05) is 12.2 Å². The smallest absolute Gasteiger partial charge is 0.252 e. The summed E-state index contributed by atoms with van der Waals surface area (Å²) in [5.74, 6) is -0.762. The number of nitrogens with two attached hydrogens (primary N) is 1. The van der Waals surface area contributed by atoms with Gasteiger partial charge in [0.15, 0.2) is 0 Å². The van der Waals surface area contributed by atoms with Crippen LogP contribution in [0.4, 0.5) is 4.39 Å². The maximum atomic E-state index is 12.7. The molecule has 0 heterocycles. The Bertz CT molecular complexity index is 411. The van der Waals surface area contributed by atoms with Gasteiger partial charge < -0.3 is 11.1 Å². The normalized spacial score (nSPS) is 9.73. The number of carbonyl (C=O) groups excluding carboxylic acids is 1. The van der Waals surface area contributed by atoms with Crippen molar-refractivity contribution in [1.82, 2.24) is 5.32 Å². The van der Waals surface area contributed by atoms with E-state index in [-0.39, 0.29) is 17.4 Å². The fraction of sp³-hybridized carbons (Fsp3) is 0.111. The molecule has 0 saturated carbocycles. The lowest BCUT2D eigenvalue weighted by molar-refractivity contribution is 0.0958. The predicted octanol–water partition coefficient (Wildman–Crippen LogP) is 1.60. The molecule has 0 aliphatic carbocycles. The minimum atomic E-state index is -0.409. The molecule has 1 aromatic carbocycles. The van der Waals surface area contributed by atoms with Crippen molar-refractivity contribution in [2.75, 3.05) is 6.54 Å². The lowest BCUT2D eigenvalue weighted by Gasteiger charge is -2.05. The van der Waals surface area contributed by atoms with Gasteiger partial charge in [0.2, 0.25) is 0 Å². The fourth-order valence-electron chi connectivity index (χ4n) is 0.936. The predicted molar refractivity (Wildman–Crippen MR) is 63.2 cm³/mol. The third-order valence-corrected chi connectivity index (χ3v) is 2.40. The van der Waals surface area contributed by atoms with Gasteiger partial charge in [-0.05, 0) is 34.1 Å². The second kappa shape index (κ2) is 5.18. The van der Waals surface area contributed by atoms with Gasteiger partial charge in [0.05, 0.1) is 17.1 Å². The van der Waals surface area contributed by atoms with Crippen LogP contribution in [0.15, 0.2) is 22.7 Å². The number of carbonyl (C=O) groups is 1.